The topological polar surface area (TPSA) is 68.0 Å². The SMILES string of the molecule is NC1(CC(=O)NCCc2cccnc2)CCCC1. The van der Waals surface area contributed by atoms with Crippen LogP contribution in [0.15, 0.2) is 24.5 Å². The standard InChI is InChI=1S/C14H21N3O/c15-14(6-1-2-7-14)10-13(18)17-9-5-12-4-3-8-16-11-12/h3-4,8,11H,1-2,5-7,9-10,15H2,(H,17,18). The number of nitrogens with zero attached hydrogens (tertiary/aromatic N) is 1. The number of aromatic nitrogens is 1. The first-order chi connectivity index (χ1) is 8.68. The van der Waals surface area contributed by atoms with E-state index in [2.05, 4.69) is 10.3 Å². The number of carbonyl (C=O) groups excluding carboxylic acids is 1. The molecule has 1 amide bonds. The molecule has 1 aromatic rings. The summed E-state index contributed by atoms with van der Waals surface area (Å²) < 4.78 is 0. The highest BCUT2D eigenvalue weighted by atomic mass is 16.1. The van der Waals surface area contributed by atoms with E-state index < -0.39 is 0 Å². The van der Waals surface area contributed by atoms with E-state index in [1.807, 2.05) is 18.3 Å². The molecule has 18 heavy (non-hydrogen) atoms. The number of nitrogens with one attached hydrogen (secondary N) is 1. The van der Waals surface area contributed by atoms with Gasteiger partial charge in [0.05, 0.1) is 0 Å². The minimum Gasteiger partial charge on any atom is -0.356 e. The zero-order chi connectivity index (χ0) is 12.8. The van der Waals surface area contributed by atoms with Crippen molar-refractivity contribution in [3.63, 3.8) is 0 Å². The molecule has 0 spiro atoms. The zero-order valence-electron chi connectivity index (χ0n) is 10.7. The Morgan fingerprint density at radius 2 is 2.22 bits per heavy atom. The summed E-state index contributed by atoms with van der Waals surface area (Å²) in [5, 5.41) is 2.94. The van der Waals surface area contributed by atoms with Crippen LogP contribution in [0.2, 0.25) is 0 Å². The van der Waals surface area contributed by atoms with Crippen LogP contribution in [0, 0.1) is 0 Å². The number of pyridine rings is 1. The molecule has 1 aromatic heterocycles. The number of carbonyl (C=O) groups is 1. The summed E-state index contributed by atoms with van der Waals surface area (Å²) in [4.78, 5) is 15.8. The van der Waals surface area contributed by atoms with E-state index in [9.17, 15) is 4.79 Å². The van der Waals surface area contributed by atoms with Gasteiger partial charge in [-0.15, -0.1) is 0 Å². The van der Waals surface area contributed by atoms with Crippen LogP contribution in [-0.2, 0) is 11.2 Å². The zero-order valence-corrected chi connectivity index (χ0v) is 10.7. The van der Waals surface area contributed by atoms with Gasteiger partial charge < -0.3 is 11.1 Å². The molecule has 1 saturated carbocycles. The summed E-state index contributed by atoms with van der Waals surface area (Å²) in [7, 11) is 0. The van der Waals surface area contributed by atoms with Crippen LogP contribution in [-0.4, -0.2) is 23.0 Å². The van der Waals surface area contributed by atoms with Crippen LogP contribution in [0.5, 0.6) is 0 Å². The van der Waals surface area contributed by atoms with Gasteiger partial charge in [0.2, 0.25) is 5.91 Å². The number of rotatable bonds is 5. The number of nitrogens with two attached hydrogens (primary N) is 1. The van der Waals surface area contributed by atoms with Crippen LogP contribution >= 0.6 is 0 Å². The Labute approximate surface area is 108 Å². The first-order valence-corrected chi connectivity index (χ1v) is 6.62. The van der Waals surface area contributed by atoms with Crippen LogP contribution in [0.1, 0.15) is 37.7 Å². The predicted octanol–water partition coefficient (Wildman–Crippen LogP) is 1.40. The van der Waals surface area contributed by atoms with Crippen molar-refractivity contribution in [2.24, 2.45) is 5.73 Å². The molecular formula is C14H21N3O. The van der Waals surface area contributed by atoms with E-state index in [1.165, 1.54) is 0 Å². The third-order valence-corrected chi connectivity index (χ3v) is 3.57. The van der Waals surface area contributed by atoms with Crippen LogP contribution in [0.3, 0.4) is 0 Å². The summed E-state index contributed by atoms with van der Waals surface area (Å²) in [6.07, 6.45) is 9.11. The molecule has 0 unspecified atom stereocenters. The maximum atomic E-state index is 11.8. The Bertz CT molecular complexity index is 385. The minimum atomic E-state index is -0.252. The van der Waals surface area contributed by atoms with Crippen LogP contribution < -0.4 is 11.1 Å². The second-order valence-electron chi connectivity index (χ2n) is 5.21. The molecular weight excluding hydrogens is 226 g/mol. The summed E-state index contributed by atoms with van der Waals surface area (Å²) in [6, 6.07) is 3.92. The van der Waals surface area contributed by atoms with E-state index in [0.29, 0.717) is 13.0 Å². The lowest BCUT2D eigenvalue weighted by atomic mass is 9.94. The quantitative estimate of drug-likeness (QED) is 0.826. The lowest BCUT2D eigenvalue weighted by molar-refractivity contribution is -0.122. The van der Waals surface area contributed by atoms with Gasteiger partial charge in [-0.1, -0.05) is 18.9 Å². The molecule has 2 rings (SSSR count). The Morgan fingerprint density at radius 3 is 2.89 bits per heavy atom. The smallest absolute Gasteiger partial charge is 0.221 e. The molecule has 3 N–H and O–H groups in total. The normalized spacial score (nSPS) is 17.6. The average Bonchev–Trinajstić information content (AvgIpc) is 2.77. The second-order valence-corrected chi connectivity index (χ2v) is 5.21. The van der Waals surface area contributed by atoms with Crippen molar-refractivity contribution in [3.05, 3.63) is 30.1 Å². The van der Waals surface area contributed by atoms with Gasteiger partial charge in [0.25, 0.3) is 0 Å². The summed E-state index contributed by atoms with van der Waals surface area (Å²) >= 11 is 0. The number of hydrogen-bond acceptors (Lipinski definition) is 3. The van der Waals surface area contributed by atoms with E-state index in [1.54, 1.807) is 6.20 Å². The highest BCUT2D eigenvalue weighted by Crippen LogP contribution is 2.29. The molecule has 1 heterocycles. The Kier molecular flexibility index (Phi) is 4.31. The van der Waals surface area contributed by atoms with Crippen molar-refractivity contribution >= 4 is 5.91 Å². The van der Waals surface area contributed by atoms with E-state index >= 15 is 0 Å². The molecule has 0 aliphatic heterocycles. The van der Waals surface area contributed by atoms with Gasteiger partial charge >= 0.3 is 0 Å². The Morgan fingerprint density at radius 1 is 1.44 bits per heavy atom. The number of hydrogen-bond donors (Lipinski definition) is 2. The highest BCUT2D eigenvalue weighted by molar-refractivity contribution is 5.77. The lowest BCUT2D eigenvalue weighted by Gasteiger charge is -2.22. The lowest BCUT2D eigenvalue weighted by Crippen LogP contribution is -2.42. The fourth-order valence-corrected chi connectivity index (χ4v) is 2.53. The van der Waals surface area contributed by atoms with Crippen molar-refractivity contribution < 1.29 is 4.79 Å². The number of amides is 1. The summed E-state index contributed by atoms with van der Waals surface area (Å²) in [5.74, 6) is 0.0725. The largest absolute Gasteiger partial charge is 0.356 e. The van der Waals surface area contributed by atoms with Crippen molar-refractivity contribution in [2.45, 2.75) is 44.1 Å². The molecule has 1 fully saturated rings. The molecule has 0 saturated heterocycles. The molecule has 4 heteroatoms. The average molecular weight is 247 g/mol. The first-order valence-electron chi connectivity index (χ1n) is 6.62. The summed E-state index contributed by atoms with van der Waals surface area (Å²) in [6.45, 7) is 0.653. The van der Waals surface area contributed by atoms with Crippen LogP contribution in [0.4, 0.5) is 0 Å². The van der Waals surface area contributed by atoms with E-state index in [-0.39, 0.29) is 11.4 Å². The second kappa shape index (κ2) is 5.96. The van der Waals surface area contributed by atoms with Gasteiger partial charge in [0.15, 0.2) is 0 Å². The maximum absolute atomic E-state index is 11.8. The molecule has 0 aromatic carbocycles. The van der Waals surface area contributed by atoms with Gasteiger partial charge in [-0.2, -0.15) is 0 Å². The molecule has 0 atom stereocenters. The van der Waals surface area contributed by atoms with Crippen molar-refractivity contribution in [1.29, 1.82) is 0 Å². The minimum absolute atomic E-state index is 0.0725. The van der Waals surface area contributed by atoms with Crippen molar-refractivity contribution in [2.75, 3.05) is 6.54 Å². The Hall–Kier alpha value is -1.42. The molecule has 0 radical (unpaired) electrons. The fraction of sp³-hybridized carbons (Fsp3) is 0.571. The molecule has 0 bridgehead atoms. The molecule has 1 aliphatic rings. The van der Waals surface area contributed by atoms with Gasteiger partial charge in [0, 0.05) is 30.9 Å². The predicted molar refractivity (Wildman–Crippen MR) is 71.0 cm³/mol. The monoisotopic (exact) mass is 247 g/mol. The highest BCUT2D eigenvalue weighted by Gasteiger charge is 2.31. The van der Waals surface area contributed by atoms with Crippen molar-refractivity contribution in [3.8, 4) is 0 Å². The van der Waals surface area contributed by atoms with Gasteiger partial charge in [-0.05, 0) is 30.9 Å². The van der Waals surface area contributed by atoms with Gasteiger partial charge in [-0.25, -0.2) is 0 Å². The molecule has 1 aliphatic carbocycles. The van der Waals surface area contributed by atoms with Gasteiger partial charge in [-0.3, -0.25) is 9.78 Å². The van der Waals surface area contributed by atoms with Crippen molar-refractivity contribution in [1.82, 2.24) is 10.3 Å². The third-order valence-electron chi connectivity index (χ3n) is 3.57. The van der Waals surface area contributed by atoms with Gasteiger partial charge in [0.1, 0.15) is 0 Å². The first kappa shape index (κ1) is 13.0. The van der Waals surface area contributed by atoms with E-state index in [0.717, 1.165) is 37.7 Å². The third kappa shape index (κ3) is 3.81. The maximum Gasteiger partial charge on any atom is 0.221 e. The summed E-state index contributed by atoms with van der Waals surface area (Å²) in [5.41, 5.74) is 7.06. The molecule has 4 nitrogen and oxygen atoms in total. The van der Waals surface area contributed by atoms with Crippen LogP contribution in [0.25, 0.3) is 0 Å². The fourth-order valence-electron chi connectivity index (χ4n) is 2.53. The Balaban J connectivity index is 1.69. The van der Waals surface area contributed by atoms with E-state index in [4.69, 9.17) is 5.73 Å². The molecule has 98 valence electrons.